The lowest BCUT2D eigenvalue weighted by atomic mass is 9.84. The van der Waals surface area contributed by atoms with E-state index in [1.54, 1.807) is 12.1 Å². The summed E-state index contributed by atoms with van der Waals surface area (Å²) in [7, 11) is 0. The van der Waals surface area contributed by atoms with E-state index in [4.69, 9.17) is 4.74 Å². The van der Waals surface area contributed by atoms with E-state index < -0.39 is 5.60 Å². The molecule has 2 N–H and O–H groups in total. The van der Waals surface area contributed by atoms with Gasteiger partial charge in [-0.3, -0.25) is 0 Å². The largest absolute Gasteiger partial charge is 0.508 e. The molecule has 2 aliphatic rings. The summed E-state index contributed by atoms with van der Waals surface area (Å²) in [6.07, 6.45) is 1.55. The molecule has 0 atom stereocenters. The second-order valence-corrected chi connectivity index (χ2v) is 4.36. The number of phenolic OH excluding ortho intramolecular Hbond substituents is 1. The first-order valence-electron chi connectivity index (χ1n) is 5.49. The van der Waals surface area contributed by atoms with Gasteiger partial charge in [-0.25, -0.2) is 4.79 Å². The van der Waals surface area contributed by atoms with E-state index in [-0.39, 0.29) is 24.1 Å². The van der Waals surface area contributed by atoms with Crippen LogP contribution in [0.2, 0.25) is 0 Å². The average molecular weight is 256 g/mol. The molecule has 4 nitrogen and oxygen atoms in total. The van der Waals surface area contributed by atoms with Crippen LogP contribution in [0.1, 0.15) is 28.8 Å². The number of halogens is 1. The van der Waals surface area contributed by atoms with Gasteiger partial charge in [0.05, 0.1) is 5.56 Å². The molecule has 92 valence electrons. The summed E-state index contributed by atoms with van der Waals surface area (Å²) in [4.78, 5) is 11.7. The fourth-order valence-corrected chi connectivity index (χ4v) is 2.58. The standard InChI is InChI=1S/C12H13NO3.ClH/c14-8-1-2-9-10(7-8)12(16-11(9)15)3-5-13-6-4-12;/h1-2,7,13-14H,3-6H2;1H. The molecule has 0 radical (unpaired) electrons. The van der Waals surface area contributed by atoms with Crippen molar-refractivity contribution < 1.29 is 14.6 Å². The molecule has 0 saturated carbocycles. The number of benzene rings is 1. The van der Waals surface area contributed by atoms with E-state index >= 15 is 0 Å². The molecule has 0 unspecified atom stereocenters. The van der Waals surface area contributed by atoms with Gasteiger partial charge >= 0.3 is 5.97 Å². The quantitative estimate of drug-likeness (QED) is 0.691. The third-order valence-electron chi connectivity index (χ3n) is 3.41. The molecular formula is C12H14ClNO3. The smallest absolute Gasteiger partial charge is 0.339 e. The summed E-state index contributed by atoms with van der Waals surface area (Å²) in [5, 5.41) is 12.8. The van der Waals surface area contributed by atoms with Gasteiger partial charge < -0.3 is 15.2 Å². The summed E-state index contributed by atoms with van der Waals surface area (Å²) >= 11 is 0. The van der Waals surface area contributed by atoms with E-state index in [0.717, 1.165) is 31.5 Å². The van der Waals surface area contributed by atoms with Crippen molar-refractivity contribution in [1.82, 2.24) is 5.32 Å². The van der Waals surface area contributed by atoms with Gasteiger partial charge in [-0.05, 0) is 31.3 Å². The van der Waals surface area contributed by atoms with Crippen molar-refractivity contribution in [3.63, 3.8) is 0 Å². The highest BCUT2D eigenvalue weighted by Crippen LogP contribution is 2.43. The lowest BCUT2D eigenvalue weighted by molar-refractivity contribution is -0.0242. The van der Waals surface area contributed by atoms with Crippen molar-refractivity contribution in [3.05, 3.63) is 29.3 Å². The topological polar surface area (TPSA) is 58.6 Å². The Bertz CT molecular complexity index is 455. The molecule has 3 rings (SSSR count). The Labute approximate surface area is 105 Å². The van der Waals surface area contributed by atoms with Crippen molar-refractivity contribution in [2.45, 2.75) is 18.4 Å². The zero-order valence-corrected chi connectivity index (χ0v) is 10.0. The van der Waals surface area contributed by atoms with Gasteiger partial charge in [0.25, 0.3) is 0 Å². The van der Waals surface area contributed by atoms with Gasteiger partial charge in [-0.15, -0.1) is 12.4 Å². The van der Waals surface area contributed by atoms with Crippen molar-refractivity contribution in [3.8, 4) is 5.75 Å². The molecule has 2 heterocycles. The maximum atomic E-state index is 11.7. The number of aromatic hydroxyl groups is 1. The van der Waals surface area contributed by atoms with Crippen LogP contribution in [0.5, 0.6) is 5.75 Å². The van der Waals surface area contributed by atoms with Crippen LogP contribution in [0, 0.1) is 0 Å². The number of piperidine rings is 1. The number of carbonyl (C=O) groups is 1. The summed E-state index contributed by atoms with van der Waals surface area (Å²) in [6, 6.07) is 4.83. The summed E-state index contributed by atoms with van der Waals surface area (Å²) in [5.74, 6) is -0.0770. The van der Waals surface area contributed by atoms with E-state index in [1.165, 1.54) is 6.07 Å². The highest BCUT2D eigenvalue weighted by molar-refractivity contribution is 5.95. The lowest BCUT2D eigenvalue weighted by Gasteiger charge is -2.33. The number of phenols is 1. The Morgan fingerprint density at radius 2 is 2.00 bits per heavy atom. The minimum atomic E-state index is -0.504. The summed E-state index contributed by atoms with van der Waals surface area (Å²) in [6.45, 7) is 1.67. The predicted octanol–water partition coefficient (Wildman–Crippen LogP) is 1.56. The number of hydrogen-bond donors (Lipinski definition) is 2. The molecule has 1 aromatic carbocycles. The maximum Gasteiger partial charge on any atom is 0.339 e. The number of ether oxygens (including phenoxy) is 1. The summed E-state index contributed by atoms with van der Waals surface area (Å²) < 4.78 is 5.53. The molecule has 5 heteroatoms. The second-order valence-electron chi connectivity index (χ2n) is 4.36. The van der Waals surface area contributed by atoms with Crippen LogP contribution in [-0.4, -0.2) is 24.2 Å². The summed E-state index contributed by atoms with van der Waals surface area (Å²) in [5.41, 5.74) is 0.940. The van der Waals surface area contributed by atoms with E-state index in [2.05, 4.69) is 5.32 Å². The minimum absolute atomic E-state index is 0. The Kier molecular flexibility index (Phi) is 3.02. The van der Waals surface area contributed by atoms with Crippen molar-refractivity contribution >= 4 is 18.4 Å². The first-order valence-corrected chi connectivity index (χ1v) is 5.49. The molecule has 1 saturated heterocycles. The van der Waals surface area contributed by atoms with Crippen LogP contribution >= 0.6 is 12.4 Å². The third kappa shape index (κ3) is 1.77. The Balaban J connectivity index is 0.00000108. The predicted molar refractivity (Wildman–Crippen MR) is 64.6 cm³/mol. The van der Waals surface area contributed by atoms with E-state index in [9.17, 15) is 9.90 Å². The van der Waals surface area contributed by atoms with Gasteiger partial charge in [0.1, 0.15) is 11.4 Å². The molecule has 0 aliphatic carbocycles. The Hall–Kier alpha value is -1.26. The molecule has 1 spiro atoms. The first kappa shape index (κ1) is 12.2. The fraction of sp³-hybridized carbons (Fsp3) is 0.417. The minimum Gasteiger partial charge on any atom is -0.508 e. The number of hydrogen-bond acceptors (Lipinski definition) is 4. The third-order valence-corrected chi connectivity index (χ3v) is 3.41. The first-order chi connectivity index (χ1) is 7.71. The normalized spacial score (nSPS) is 20.6. The molecule has 2 aliphatic heterocycles. The number of fused-ring (bicyclic) bond motifs is 2. The zero-order chi connectivity index (χ0) is 11.2. The molecule has 17 heavy (non-hydrogen) atoms. The van der Waals surface area contributed by atoms with Crippen LogP contribution in [0.15, 0.2) is 18.2 Å². The lowest BCUT2D eigenvalue weighted by Crippen LogP contribution is -2.39. The molecule has 1 aromatic rings. The number of nitrogens with one attached hydrogen (secondary N) is 1. The zero-order valence-electron chi connectivity index (χ0n) is 9.23. The highest BCUT2D eigenvalue weighted by Gasteiger charge is 2.46. The molecule has 1 fully saturated rings. The SMILES string of the molecule is Cl.O=C1OC2(CCNCC2)c2cc(O)ccc21. The number of esters is 1. The fourth-order valence-electron chi connectivity index (χ4n) is 2.58. The second kappa shape index (κ2) is 4.20. The van der Waals surface area contributed by atoms with Crippen LogP contribution in [0.25, 0.3) is 0 Å². The van der Waals surface area contributed by atoms with Gasteiger partial charge in [0, 0.05) is 18.4 Å². The van der Waals surface area contributed by atoms with Gasteiger partial charge in [0.15, 0.2) is 0 Å². The average Bonchev–Trinajstić information content (AvgIpc) is 2.53. The van der Waals surface area contributed by atoms with Crippen LogP contribution in [-0.2, 0) is 10.3 Å². The van der Waals surface area contributed by atoms with Crippen molar-refractivity contribution in [2.24, 2.45) is 0 Å². The molecule has 0 aromatic heterocycles. The van der Waals surface area contributed by atoms with Crippen molar-refractivity contribution in [1.29, 1.82) is 0 Å². The molecule has 0 bridgehead atoms. The number of carbonyl (C=O) groups excluding carboxylic acids is 1. The number of rotatable bonds is 0. The highest BCUT2D eigenvalue weighted by atomic mass is 35.5. The van der Waals surface area contributed by atoms with Gasteiger partial charge in [0.2, 0.25) is 0 Å². The monoisotopic (exact) mass is 255 g/mol. The van der Waals surface area contributed by atoms with Gasteiger partial charge in [-0.1, -0.05) is 0 Å². The van der Waals surface area contributed by atoms with Gasteiger partial charge in [-0.2, -0.15) is 0 Å². The van der Waals surface area contributed by atoms with Crippen LogP contribution in [0.4, 0.5) is 0 Å². The van der Waals surface area contributed by atoms with E-state index in [1.807, 2.05) is 0 Å². The van der Waals surface area contributed by atoms with Crippen LogP contribution in [0.3, 0.4) is 0 Å². The maximum absolute atomic E-state index is 11.7. The van der Waals surface area contributed by atoms with Crippen molar-refractivity contribution in [2.75, 3.05) is 13.1 Å². The van der Waals surface area contributed by atoms with E-state index in [0.29, 0.717) is 5.56 Å². The Morgan fingerprint density at radius 1 is 1.29 bits per heavy atom. The Morgan fingerprint density at radius 3 is 2.71 bits per heavy atom. The molecule has 0 amide bonds. The molecular weight excluding hydrogens is 242 g/mol. The van der Waals surface area contributed by atoms with Crippen LogP contribution < -0.4 is 5.32 Å².